The van der Waals surface area contributed by atoms with Gasteiger partial charge in [0.15, 0.2) is 6.10 Å². The fraction of sp³-hybridized carbons (Fsp3) is 0.712. The molecule has 0 aliphatic heterocycles. The Labute approximate surface area is 401 Å². The van der Waals surface area contributed by atoms with Gasteiger partial charge in [-0.25, -0.2) is 0 Å². The lowest BCUT2D eigenvalue weighted by atomic mass is 10.0. The van der Waals surface area contributed by atoms with E-state index in [9.17, 15) is 14.4 Å². The molecule has 0 saturated heterocycles. The van der Waals surface area contributed by atoms with E-state index >= 15 is 0 Å². The fourth-order valence-corrected chi connectivity index (χ4v) is 7.33. The Morgan fingerprint density at radius 3 is 1.03 bits per heavy atom. The molecule has 6 nitrogen and oxygen atoms in total. The summed E-state index contributed by atoms with van der Waals surface area (Å²) in [4.78, 5) is 38.0. The molecule has 0 N–H and O–H groups in total. The maximum Gasteiger partial charge on any atom is 0.306 e. The third-order valence-electron chi connectivity index (χ3n) is 11.4. The molecule has 0 aromatic carbocycles. The normalized spacial score (nSPS) is 12.7. The van der Waals surface area contributed by atoms with Gasteiger partial charge in [-0.3, -0.25) is 14.4 Å². The lowest BCUT2D eigenvalue weighted by Gasteiger charge is -2.18. The minimum atomic E-state index is -0.804. The largest absolute Gasteiger partial charge is 0.462 e. The Hall–Kier alpha value is -3.41. The predicted molar refractivity (Wildman–Crippen MR) is 279 cm³/mol. The Balaban J connectivity index is 4.49. The highest BCUT2D eigenvalue weighted by Gasteiger charge is 2.19. The Kier molecular flexibility index (Phi) is 50.4. The van der Waals surface area contributed by atoms with Crippen molar-refractivity contribution in [1.82, 2.24) is 0 Å². The first-order valence-corrected chi connectivity index (χ1v) is 27.1. The summed E-state index contributed by atoms with van der Waals surface area (Å²) in [6.45, 7) is 6.45. The van der Waals surface area contributed by atoms with Crippen molar-refractivity contribution in [2.24, 2.45) is 0 Å². The number of esters is 3. The van der Waals surface area contributed by atoms with Gasteiger partial charge in [0.1, 0.15) is 13.2 Å². The monoisotopic (exact) mass is 905 g/mol. The SMILES string of the molecule is CC/C=C\C/C=C\C/C=C\CCCCCCCCC(=O)OC(COC(=O)CCC/C=C\C/C=C\C/C=C\C/C=C\CCCCC)COC(=O)CCCCCCCCCCCCCCCC. The smallest absolute Gasteiger partial charge is 0.306 e. The van der Waals surface area contributed by atoms with Crippen LogP contribution in [0.15, 0.2) is 85.1 Å². The van der Waals surface area contributed by atoms with Gasteiger partial charge in [0.05, 0.1) is 0 Å². The minimum Gasteiger partial charge on any atom is -0.462 e. The van der Waals surface area contributed by atoms with E-state index in [0.29, 0.717) is 19.3 Å². The van der Waals surface area contributed by atoms with Gasteiger partial charge in [-0.05, 0) is 89.9 Å². The molecule has 0 radical (unpaired) electrons. The molecule has 65 heavy (non-hydrogen) atoms. The number of unbranched alkanes of at least 4 members (excludes halogenated alkanes) is 23. The molecular formula is C59H100O6. The number of hydrogen-bond donors (Lipinski definition) is 0. The van der Waals surface area contributed by atoms with Crippen molar-refractivity contribution < 1.29 is 28.6 Å². The zero-order valence-corrected chi connectivity index (χ0v) is 42.5. The van der Waals surface area contributed by atoms with Crippen LogP contribution in [0.3, 0.4) is 0 Å². The van der Waals surface area contributed by atoms with E-state index in [-0.39, 0.29) is 37.5 Å². The Morgan fingerprint density at radius 1 is 0.323 bits per heavy atom. The van der Waals surface area contributed by atoms with Gasteiger partial charge in [0.2, 0.25) is 0 Å². The summed E-state index contributed by atoms with van der Waals surface area (Å²) in [6.07, 6.45) is 68.5. The molecule has 0 fully saturated rings. The molecular weight excluding hydrogens is 805 g/mol. The highest BCUT2D eigenvalue weighted by molar-refractivity contribution is 5.71. The van der Waals surface area contributed by atoms with Crippen LogP contribution in [0.1, 0.15) is 252 Å². The standard InChI is InChI=1S/C59H100O6/c1-4-7-10-13-16-19-22-25-28-30-32-34-37-40-43-46-49-52-58(61)64-55-56(54-63-57(60)51-48-45-42-39-36-33-27-24-21-18-15-12-9-6-3)65-59(62)53-50-47-44-41-38-35-31-29-26-23-20-17-14-11-8-5-2/h8,11,16-17,19-20,25-26,28-29,32,34,40,43,56H,4-7,9-10,12-15,18,21-24,27,30-31,33,35-39,41-42,44-55H2,1-3H3/b11-8-,19-16-,20-17-,28-25-,29-26-,34-32-,43-40-. The van der Waals surface area contributed by atoms with Crippen LogP contribution in [0.4, 0.5) is 0 Å². The second-order valence-electron chi connectivity index (χ2n) is 17.8. The molecule has 0 heterocycles. The lowest BCUT2D eigenvalue weighted by molar-refractivity contribution is -0.167. The molecule has 0 spiro atoms. The van der Waals surface area contributed by atoms with Crippen LogP contribution >= 0.6 is 0 Å². The van der Waals surface area contributed by atoms with E-state index in [4.69, 9.17) is 14.2 Å². The topological polar surface area (TPSA) is 78.9 Å². The lowest BCUT2D eigenvalue weighted by Crippen LogP contribution is -2.30. The molecule has 0 saturated carbocycles. The first-order chi connectivity index (χ1) is 32.0. The molecule has 372 valence electrons. The maximum absolute atomic E-state index is 12.8. The summed E-state index contributed by atoms with van der Waals surface area (Å²) in [6, 6.07) is 0. The van der Waals surface area contributed by atoms with Crippen LogP contribution < -0.4 is 0 Å². The van der Waals surface area contributed by atoms with Crippen molar-refractivity contribution in [3.63, 3.8) is 0 Å². The maximum atomic E-state index is 12.8. The molecule has 0 aliphatic rings. The predicted octanol–water partition coefficient (Wildman–Crippen LogP) is 18.0. The molecule has 0 bridgehead atoms. The van der Waals surface area contributed by atoms with Gasteiger partial charge < -0.3 is 14.2 Å². The summed E-state index contributed by atoms with van der Waals surface area (Å²) in [7, 11) is 0. The molecule has 1 unspecified atom stereocenters. The second kappa shape index (κ2) is 53.2. The number of carbonyl (C=O) groups excluding carboxylic acids is 3. The zero-order chi connectivity index (χ0) is 47.2. The summed E-state index contributed by atoms with van der Waals surface area (Å²) < 4.78 is 16.8. The number of ether oxygens (including phenoxy) is 3. The van der Waals surface area contributed by atoms with Crippen LogP contribution in [0.25, 0.3) is 0 Å². The fourth-order valence-electron chi connectivity index (χ4n) is 7.33. The average Bonchev–Trinajstić information content (AvgIpc) is 3.30. The molecule has 1 atom stereocenters. The van der Waals surface area contributed by atoms with Gasteiger partial charge in [-0.2, -0.15) is 0 Å². The van der Waals surface area contributed by atoms with Gasteiger partial charge in [0, 0.05) is 19.3 Å². The van der Waals surface area contributed by atoms with Crippen molar-refractivity contribution in [2.45, 2.75) is 258 Å². The van der Waals surface area contributed by atoms with E-state index in [2.05, 4.69) is 106 Å². The molecule has 0 aromatic heterocycles. The van der Waals surface area contributed by atoms with E-state index in [1.54, 1.807) is 0 Å². The highest BCUT2D eigenvalue weighted by Crippen LogP contribution is 2.15. The molecule has 0 amide bonds. The first kappa shape index (κ1) is 61.6. The minimum absolute atomic E-state index is 0.0975. The van der Waals surface area contributed by atoms with Crippen LogP contribution in [-0.4, -0.2) is 37.2 Å². The number of hydrogen-bond acceptors (Lipinski definition) is 6. The molecule has 0 rings (SSSR count). The van der Waals surface area contributed by atoms with Crippen molar-refractivity contribution in [3.8, 4) is 0 Å². The Morgan fingerprint density at radius 2 is 0.615 bits per heavy atom. The van der Waals surface area contributed by atoms with Crippen molar-refractivity contribution in [1.29, 1.82) is 0 Å². The Bertz CT molecular complexity index is 1270. The van der Waals surface area contributed by atoms with Crippen molar-refractivity contribution in [3.05, 3.63) is 85.1 Å². The van der Waals surface area contributed by atoms with Gasteiger partial charge in [-0.1, -0.05) is 228 Å². The van der Waals surface area contributed by atoms with Crippen molar-refractivity contribution in [2.75, 3.05) is 13.2 Å². The highest BCUT2D eigenvalue weighted by atomic mass is 16.6. The molecule has 0 aromatic rings. The number of rotatable bonds is 48. The average molecular weight is 905 g/mol. The summed E-state index contributed by atoms with van der Waals surface area (Å²) >= 11 is 0. The number of carbonyl (C=O) groups is 3. The van der Waals surface area contributed by atoms with Crippen LogP contribution in [0, 0.1) is 0 Å². The summed E-state index contributed by atoms with van der Waals surface area (Å²) in [5.41, 5.74) is 0. The van der Waals surface area contributed by atoms with Crippen LogP contribution in [-0.2, 0) is 28.6 Å². The van der Waals surface area contributed by atoms with Crippen LogP contribution in [0.5, 0.6) is 0 Å². The van der Waals surface area contributed by atoms with E-state index in [1.807, 2.05) is 0 Å². The summed E-state index contributed by atoms with van der Waals surface area (Å²) in [5.74, 6) is -0.966. The van der Waals surface area contributed by atoms with E-state index in [0.717, 1.165) is 96.3 Å². The second-order valence-corrected chi connectivity index (χ2v) is 17.8. The van der Waals surface area contributed by atoms with Crippen molar-refractivity contribution >= 4 is 17.9 Å². The van der Waals surface area contributed by atoms with Gasteiger partial charge >= 0.3 is 17.9 Å². The van der Waals surface area contributed by atoms with Crippen LogP contribution in [0.2, 0.25) is 0 Å². The third kappa shape index (κ3) is 51.4. The molecule has 6 heteroatoms. The van der Waals surface area contributed by atoms with Gasteiger partial charge in [-0.15, -0.1) is 0 Å². The van der Waals surface area contributed by atoms with E-state index < -0.39 is 6.10 Å². The third-order valence-corrected chi connectivity index (χ3v) is 11.4. The number of allylic oxidation sites excluding steroid dienone is 14. The molecule has 0 aliphatic carbocycles. The summed E-state index contributed by atoms with van der Waals surface area (Å²) in [5, 5.41) is 0. The zero-order valence-electron chi connectivity index (χ0n) is 42.5. The first-order valence-electron chi connectivity index (χ1n) is 27.1. The van der Waals surface area contributed by atoms with Gasteiger partial charge in [0.25, 0.3) is 0 Å². The quantitative estimate of drug-likeness (QED) is 0.0262. The van der Waals surface area contributed by atoms with E-state index in [1.165, 1.54) is 109 Å².